The van der Waals surface area contributed by atoms with Crippen LogP contribution in [0.3, 0.4) is 0 Å². The van der Waals surface area contributed by atoms with Gasteiger partial charge >= 0.3 is 0 Å². The molecule has 2 aromatic carbocycles. The number of amides is 1. The van der Waals surface area contributed by atoms with Crippen LogP contribution >= 0.6 is 0 Å². The van der Waals surface area contributed by atoms with Crippen LogP contribution in [-0.2, 0) is 24.1 Å². The summed E-state index contributed by atoms with van der Waals surface area (Å²) in [7, 11) is -1.72. The van der Waals surface area contributed by atoms with Gasteiger partial charge in [-0.15, -0.1) is 5.10 Å². The number of sulfone groups is 1. The van der Waals surface area contributed by atoms with Gasteiger partial charge in [-0.2, -0.15) is 0 Å². The van der Waals surface area contributed by atoms with Gasteiger partial charge in [0.1, 0.15) is 23.4 Å². The van der Waals surface area contributed by atoms with Crippen molar-refractivity contribution in [3.05, 3.63) is 48.5 Å². The zero-order valence-electron chi connectivity index (χ0n) is 21.5. The molecule has 0 radical (unpaired) electrons. The molecule has 1 saturated heterocycles. The van der Waals surface area contributed by atoms with Gasteiger partial charge in [0.2, 0.25) is 5.88 Å². The van der Waals surface area contributed by atoms with E-state index in [2.05, 4.69) is 10.2 Å². The minimum absolute atomic E-state index is 0.125. The summed E-state index contributed by atoms with van der Waals surface area (Å²) in [5, 5.41) is 7.10. The summed E-state index contributed by atoms with van der Waals surface area (Å²) in [6.45, 7) is 4.28. The number of rotatable bonds is 11. The fraction of sp³-hybridized carbons (Fsp3) is 0.385. The molecule has 0 unspecified atom stereocenters. The normalized spacial score (nSPS) is 14.7. The maximum absolute atomic E-state index is 12.4. The highest BCUT2D eigenvalue weighted by atomic mass is 32.2. The van der Waals surface area contributed by atoms with Gasteiger partial charge in [-0.3, -0.25) is 9.89 Å². The van der Waals surface area contributed by atoms with Crippen LogP contribution in [0.15, 0.2) is 53.4 Å². The number of nitrogens with zero attached hydrogens (tertiary/aromatic N) is 2. The molecule has 0 spiro atoms. The first-order chi connectivity index (χ1) is 18.2. The van der Waals surface area contributed by atoms with Crippen molar-refractivity contribution in [3.63, 3.8) is 0 Å². The number of carbonyl (C=O) groups is 1. The first-order valence-corrected chi connectivity index (χ1v) is 13.9. The smallest absolute Gasteiger partial charge is 0.260 e. The lowest BCUT2D eigenvalue weighted by Gasteiger charge is -2.26. The highest BCUT2D eigenvalue weighted by Crippen LogP contribution is 2.33. The van der Waals surface area contributed by atoms with E-state index in [0.29, 0.717) is 61.4 Å². The zero-order chi connectivity index (χ0) is 27.1. The van der Waals surface area contributed by atoms with E-state index in [0.717, 1.165) is 6.26 Å². The fourth-order valence-electron chi connectivity index (χ4n) is 3.81. The molecule has 0 saturated carbocycles. The van der Waals surface area contributed by atoms with Crippen LogP contribution in [0.4, 0.5) is 0 Å². The predicted octanol–water partition coefficient (Wildman–Crippen LogP) is 2.92. The van der Waals surface area contributed by atoms with Gasteiger partial charge in [-0.1, -0.05) is 0 Å². The summed E-state index contributed by atoms with van der Waals surface area (Å²) in [6.07, 6.45) is 0.932. The van der Waals surface area contributed by atoms with Crippen molar-refractivity contribution >= 4 is 15.7 Å². The van der Waals surface area contributed by atoms with Crippen molar-refractivity contribution in [3.8, 4) is 34.4 Å². The first kappa shape index (κ1) is 27.4. The standard InChI is InChI=1S/C26H31N3O8S/c1-18(16-33-2)36-21-12-19(13-22(14-21)37-20-4-6-23(7-5-20)38(3,31)32)24-15-25(28-27-24)35-17-26(30)29-8-10-34-11-9-29/h4-7,12-15,18H,8-11,16-17H2,1-3H3,(H,27,28)/t18-/m0/s1. The fourth-order valence-corrected chi connectivity index (χ4v) is 4.44. The number of benzene rings is 2. The van der Waals surface area contributed by atoms with Gasteiger partial charge in [0.15, 0.2) is 16.4 Å². The third-order valence-corrected chi connectivity index (χ3v) is 6.81. The minimum Gasteiger partial charge on any atom is -0.488 e. The highest BCUT2D eigenvalue weighted by Gasteiger charge is 2.18. The summed E-state index contributed by atoms with van der Waals surface area (Å²) in [5.41, 5.74) is 1.33. The van der Waals surface area contributed by atoms with Crippen LogP contribution in [0.2, 0.25) is 0 Å². The maximum Gasteiger partial charge on any atom is 0.260 e. The van der Waals surface area contributed by atoms with E-state index in [1.807, 2.05) is 13.0 Å². The lowest BCUT2D eigenvalue weighted by atomic mass is 10.1. The van der Waals surface area contributed by atoms with Gasteiger partial charge in [0.25, 0.3) is 5.91 Å². The Labute approximate surface area is 221 Å². The van der Waals surface area contributed by atoms with Crippen molar-refractivity contribution in [1.82, 2.24) is 15.1 Å². The first-order valence-electron chi connectivity index (χ1n) is 12.0. The molecule has 1 amide bonds. The number of aromatic amines is 1. The second kappa shape index (κ2) is 12.3. The molecule has 1 N–H and O–H groups in total. The Balaban J connectivity index is 1.52. The SMILES string of the molecule is COC[C@H](C)Oc1cc(Oc2ccc(S(C)(=O)=O)cc2)cc(-c2cc(OCC(=O)N3CCOCC3)n[nH]2)c1. The van der Waals surface area contributed by atoms with Crippen LogP contribution < -0.4 is 14.2 Å². The predicted molar refractivity (Wildman–Crippen MR) is 139 cm³/mol. The maximum atomic E-state index is 12.4. The zero-order valence-corrected chi connectivity index (χ0v) is 22.3. The van der Waals surface area contributed by atoms with Crippen molar-refractivity contribution < 1.29 is 36.9 Å². The number of H-pyrrole nitrogens is 1. The van der Waals surface area contributed by atoms with E-state index in [1.54, 1.807) is 42.3 Å². The quantitative estimate of drug-likeness (QED) is 0.387. The second-order valence-corrected chi connectivity index (χ2v) is 10.8. The summed E-state index contributed by atoms with van der Waals surface area (Å²) < 4.78 is 51.6. The topological polar surface area (TPSA) is 129 Å². The summed E-state index contributed by atoms with van der Waals surface area (Å²) >= 11 is 0. The molecule has 38 heavy (non-hydrogen) atoms. The van der Waals surface area contributed by atoms with E-state index in [9.17, 15) is 13.2 Å². The molecule has 11 nitrogen and oxygen atoms in total. The molecule has 1 aliphatic rings. The minimum atomic E-state index is -3.32. The Morgan fingerprint density at radius 1 is 1.08 bits per heavy atom. The van der Waals surface area contributed by atoms with E-state index in [-0.39, 0.29) is 29.4 Å². The molecular formula is C26H31N3O8S. The molecule has 3 aromatic rings. The number of hydrogen-bond donors (Lipinski definition) is 1. The average Bonchev–Trinajstić information content (AvgIpc) is 3.37. The average molecular weight is 546 g/mol. The third kappa shape index (κ3) is 7.46. The van der Waals surface area contributed by atoms with Crippen LogP contribution in [-0.4, -0.2) is 88.4 Å². The Morgan fingerprint density at radius 3 is 2.47 bits per heavy atom. The molecule has 1 aliphatic heterocycles. The van der Waals surface area contributed by atoms with Crippen LogP contribution in [0, 0.1) is 0 Å². The monoisotopic (exact) mass is 545 g/mol. The van der Waals surface area contributed by atoms with Gasteiger partial charge < -0.3 is 28.6 Å². The number of methoxy groups -OCH3 is 1. The van der Waals surface area contributed by atoms with Gasteiger partial charge in [0, 0.05) is 44.2 Å². The molecule has 1 fully saturated rings. The molecule has 0 aliphatic carbocycles. The molecule has 1 atom stereocenters. The molecule has 204 valence electrons. The van der Waals surface area contributed by atoms with Gasteiger partial charge in [-0.25, -0.2) is 8.42 Å². The number of hydrogen-bond acceptors (Lipinski definition) is 9. The lowest BCUT2D eigenvalue weighted by molar-refractivity contribution is -0.137. The Hall–Kier alpha value is -3.61. The molecule has 1 aromatic heterocycles. The molecule has 4 rings (SSSR count). The van der Waals surface area contributed by atoms with Crippen LogP contribution in [0.5, 0.6) is 23.1 Å². The molecular weight excluding hydrogens is 514 g/mol. The Kier molecular flexibility index (Phi) is 8.87. The van der Waals surface area contributed by atoms with Crippen LogP contribution in [0.1, 0.15) is 6.92 Å². The van der Waals surface area contributed by atoms with E-state index >= 15 is 0 Å². The van der Waals surface area contributed by atoms with E-state index < -0.39 is 9.84 Å². The number of morpholine rings is 1. The number of ether oxygens (including phenoxy) is 5. The van der Waals surface area contributed by atoms with E-state index in [4.69, 9.17) is 23.7 Å². The lowest BCUT2D eigenvalue weighted by Crippen LogP contribution is -2.43. The third-order valence-electron chi connectivity index (χ3n) is 5.68. The summed E-state index contributed by atoms with van der Waals surface area (Å²) in [4.78, 5) is 14.3. The number of nitrogens with one attached hydrogen (secondary N) is 1. The number of carbonyl (C=O) groups excluding carboxylic acids is 1. The van der Waals surface area contributed by atoms with Gasteiger partial charge in [0.05, 0.1) is 30.4 Å². The number of aromatic nitrogens is 2. The van der Waals surface area contributed by atoms with E-state index in [1.165, 1.54) is 12.1 Å². The Morgan fingerprint density at radius 2 is 1.79 bits per heavy atom. The highest BCUT2D eigenvalue weighted by molar-refractivity contribution is 7.90. The molecule has 2 heterocycles. The second-order valence-electron chi connectivity index (χ2n) is 8.82. The Bertz CT molecular complexity index is 1330. The van der Waals surface area contributed by atoms with Crippen LogP contribution in [0.25, 0.3) is 11.3 Å². The summed E-state index contributed by atoms with van der Waals surface area (Å²) in [5.74, 6) is 1.61. The molecule has 12 heteroatoms. The van der Waals surface area contributed by atoms with Gasteiger partial charge in [-0.05, 0) is 43.3 Å². The largest absolute Gasteiger partial charge is 0.488 e. The molecule has 0 bridgehead atoms. The van der Waals surface area contributed by atoms with Crippen molar-refractivity contribution in [2.45, 2.75) is 17.9 Å². The van der Waals surface area contributed by atoms with Crippen molar-refractivity contribution in [1.29, 1.82) is 0 Å². The summed E-state index contributed by atoms with van der Waals surface area (Å²) in [6, 6.07) is 13.2. The van der Waals surface area contributed by atoms with Crippen molar-refractivity contribution in [2.24, 2.45) is 0 Å². The van der Waals surface area contributed by atoms with Crippen molar-refractivity contribution in [2.75, 3.05) is 52.9 Å².